The zero-order valence-electron chi connectivity index (χ0n) is 15.9. The number of halogens is 1. The Morgan fingerprint density at radius 3 is 2.78 bits per heavy atom. The molecule has 2 heterocycles. The quantitative estimate of drug-likeness (QED) is 0.813. The molecule has 1 aromatic heterocycles. The van der Waals surface area contributed by atoms with Crippen molar-refractivity contribution < 1.29 is 14.3 Å². The predicted molar refractivity (Wildman–Crippen MR) is 103 cm³/mol. The molecule has 0 bridgehead atoms. The van der Waals surface area contributed by atoms with Gasteiger partial charge in [-0.2, -0.15) is 5.10 Å². The van der Waals surface area contributed by atoms with Gasteiger partial charge in [-0.15, -0.1) is 0 Å². The van der Waals surface area contributed by atoms with Crippen molar-refractivity contribution in [1.82, 2.24) is 15.1 Å². The summed E-state index contributed by atoms with van der Waals surface area (Å²) < 4.78 is 5.43. The number of amides is 2. The number of fused-ring (bicyclic) bond motifs is 1. The Balaban J connectivity index is 1.78. The van der Waals surface area contributed by atoms with E-state index in [-0.39, 0.29) is 18.1 Å². The Kier molecular flexibility index (Phi) is 5.15. The van der Waals surface area contributed by atoms with Gasteiger partial charge in [0.05, 0.1) is 6.54 Å². The number of rotatable bonds is 2. The number of H-pyrrole nitrogens is 1. The molecule has 2 amide bonds. The first-order valence-electron chi connectivity index (χ1n) is 8.76. The van der Waals surface area contributed by atoms with Crippen LogP contribution in [0.4, 0.5) is 10.5 Å². The molecule has 2 aromatic rings. The highest BCUT2D eigenvalue weighted by atomic mass is 35.5. The Bertz CT molecular complexity index is 886. The molecular formula is C19H23ClN4O3. The highest BCUT2D eigenvalue weighted by molar-refractivity contribution is 6.31. The van der Waals surface area contributed by atoms with E-state index in [9.17, 15) is 9.59 Å². The van der Waals surface area contributed by atoms with Crippen LogP contribution in [-0.2, 0) is 17.7 Å². The number of aromatic amines is 1. The first kappa shape index (κ1) is 19.2. The second kappa shape index (κ2) is 7.23. The van der Waals surface area contributed by atoms with Crippen LogP contribution in [0.25, 0.3) is 0 Å². The van der Waals surface area contributed by atoms with Crippen LogP contribution in [0.3, 0.4) is 0 Å². The van der Waals surface area contributed by atoms with Gasteiger partial charge in [-0.1, -0.05) is 17.7 Å². The molecule has 2 N–H and O–H groups in total. The highest BCUT2D eigenvalue weighted by Gasteiger charge is 2.30. The van der Waals surface area contributed by atoms with Crippen molar-refractivity contribution >= 4 is 29.3 Å². The summed E-state index contributed by atoms with van der Waals surface area (Å²) in [5.41, 5.74) is 2.69. The first-order chi connectivity index (χ1) is 12.7. The molecule has 144 valence electrons. The molecular weight excluding hydrogens is 368 g/mol. The van der Waals surface area contributed by atoms with Crippen LogP contribution >= 0.6 is 11.6 Å². The van der Waals surface area contributed by atoms with Crippen LogP contribution in [0.2, 0.25) is 5.02 Å². The van der Waals surface area contributed by atoms with Crippen molar-refractivity contribution in [2.45, 2.75) is 46.3 Å². The number of carbonyl (C=O) groups excluding carboxylic acids is 2. The maximum atomic E-state index is 12.7. The highest BCUT2D eigenvalue weighted by Crippen LogP contribution is 2.26. The van der Waals surface area contributed by atoms with Crippen molar-refractivity contribution in [3.8, 4) is 0 Å². The van der Waals surface area contributed by atoms with Crippen LogP contribution in [0.15, 0.2) is 18.2 Å². The van der Waals surface area contributed by atoms with Gasteiger partial charge in [0.25, 0.3) is 5.91 Å². The molecule has 8 heteroatoms. The smallest absolute Gasteiger partial charge is 0.410 e. The molecule has 3 rings (SSSR count). The number of hydrogen-bond donors (Lipinski definition) is 2. The van der Waals surface area contributed by atoms with Gasteiger partial charge in [-0.05, 0) is 45.4 Å². The summed E-state index contributed by atoms with van der Waals surface area (Å²) in [6, 6.07) is 5.32. The molecule has 0 unspecified atom stereocenters. The lowest BCUT2D eigenvalue weighted by Crippen LogP contribution is -2.40. The standard InChI is InChI=1S/C19H23ClN4O3/c1-11-13(20)6-5-7-14(11)21-17(25)16-12-10-24(9-8-15(12)22-23-16)18(26)27-19(2,3)4/h5-7H,8-10H2,1-4H3,(H,21,25)(H,22,23). The number of ether oxygens (including phenoxy) is 1. The van der Waals surface area contributed by atoms with E-state index in [4.69, 9.17) is 16.3 Å². The van der Waals surface area contributed by atoms with Crippen LogP contribution in [-0.4, -0.2) is 39.2 Å². The summed E-state index contributed by atoms with van der Waals surface area (Å²) >= 11 is 6.11. The number of nitrogens with one attached hydrogen (secondary N) is 2. The van der Waals surface area contributed by atoms with E-state index < -0.39 is 11.7 Å². The van der Waals surface area contributed by atoms with Crippen LogP contribution in [0.5, 0.6) is 0 Å². The third-order valence-electron chi connectivity index (χ3n) is 4.32. The Morgan fingerprint density at radius 2 is 2.07 bits per heavy atom. The van der Waals surface area contributed by atoms with Crippen molar-refractivity contribution in [1.29, 1.82) is 0 Å². The molecule has 0 atom stereocenters. The lowest BCUT2D eigenvalue weighted by atomic mass is 10.1. The molecule has 0 spiro atoms. The molecule has 0 saturated carbocycles. The number of hydrogen-bond acceptors (Lipinski definition) is 4. The third kappa shape index (κ3) is 4.24. The molecule has 1 aliphatic heterocycles. The van der Waals surface area contributed by atoms with E-state index in [1.54, 1.807) is 23.1 Å². The average Bonchev–Trinajstić information content (AvgIpc) is 3.00. The van der Waals surface area contributed by atoms with E-state index in [2.05, 4.69) is 15.5 Å². The summed E-state index contributed by atoms with van der Waals surface area (Å²) in [7, 11) is 0. The number of carbonyl (C=O) groups is 2. The first-order valence-corrected chi connectivity index (χ1v) is 9.14. The van der Waals surface area contributed by atoms with E-state index in [1.165, 1.54) is 0 Å². The number of aromatic nitrogens is 2. The number of benzene rings is 1. The Morgan fingerprint density at radius 1 is 1.33 bits per heavy atom. The van der Waals surface area contributed by atoms with E-state index in [1.807, 2.05) is 27.7 Å². The van der Waals surface area contributed by atoms with Crippen LogP contribution < -0.4 is 5.32 Å². The van der Waals surface area contributed by atoms with Crippen molar-refractivity contribution in [2.75, 3.05) is 11.9 Å². The zero-order valence-corrected chi connectivity index (χ0v) is 16.6. The largest absolute Gasteiger partial charge is 0.444 e. The number of nitrogens with zero attached hydrogens (tertiary/aromatic N) is 2. The second-order valence-corrected chi connectivity index (χ2v) is 7.95. The van der Waals surface area contributed by atoms with E-state index in [0.717, 1.165) is 11.3 Å². The topological polar surface area (TPSA) is 87.3 Å². The third-order valence-corrected chi connectivity index (χ3v) is 4.73. The summed E-state index contributed by atoms with van der Waals surface area (Å²) in [4.78, 5) is 26.7. The van der Waals surface area contributed by atoms with Crippen molar-refractivity contribution in [2.24, 2.45) is 0 Å². The number of anilines is 1. The molecule has 0 saturated heterocycles. The molecule has 1 aromatic carbocycles. The van der Waals surface area contributed by atoms with Crippen LogP contribution in [0.1, 0.15) is 48.1 Å². The molecule has 1 aliphatic rings. The normalized spacial score (nSPS) is 13.9. The van der Waals surface area contributed by atoms with Crippen molar-refractivity contribution in [3.05, 3.63) is 45.7 Å². The molecule has 0 fully saturated rings. The monoisotopic (exact) mass is 390 g/mol. The summed E-state index contributed by atoms with van der Waals surface area (Å²) in [6.45, 7) is 8.10. The fourth-order valence-electron chi connectivity index (χ4n) is 2.89. The maximum Gasteiger partial charge on any atom is 0.410 e. The van der Waals surface area contributed by atoms with E-state index in [0.29, 0.717) is 29.2 Å². The lowest BCUT2D eigenvalue weighted by Gasteiger charge is -2.30. The average molecular weight is 391 g/mol. The summed E-state index contributed by atoms with van der Waals surface area (Å²) in [6.07, 6.45) is 0.191. The van der Waals surface area contributed by atoms with Gasteiger partial charge in [0.1, 0.15) is 5.60 Å². The van der Waals surface area contributed by atoms with Gasteiger partial charge >= 0.3 is 6.09 Å². The minimum Gasteiger partial charge on any atom is -0.444 e. The summed E-state index contributed by atoms with van der Waals surface area (Å²) in [5.74, 6) is -0.344. The molecule has 7 nitrogen and oxygen atoms in total. The molecule has 27 heavy (non-hydrogen) atoms. The Hall–Kier alpha value is -2.54. The van der Waals surface area contributed by atoms with Crippen LogP contribution in [0, 0.1) is 6.92 Å². The zero-order chi connectivity index (χ0) is 19.8. The SMILES string of the molecule is Cc1c(Cl)cccc1NC(=O)c1n[nH]c2c1CN(C(=O)OC(C)(C)C)CC2. The van der Waals surface area contributed by atoms with Gasteiger partial charge < -0.3 is 15.0 Å². The summed E-state index contributed by atoms with van der Waals surface area (Å²) in [5, 5.41) is 10.5. The van der Waals surface area contributed by atoms with Gasteiger partial charge in [0, 0.05) is 34.9 Å². The fraction of sp³-hybridized carbons (Fsp3) is 0.421. The second-order valence-electron chi connectivity index (χ2n) is 7.55. The minimum absolute atomic E-state index is 0.276. The fourth-order valence-corrected chi connectivity index (χ4v) is 3.06. The van der Waals surface area contributed by atoms with Gasteiger partial charge in [0.2, 0.25) is 0 Å². The van der Waals surface area contributed by atoms with Gasteiger partial charge in [0.15, 0.2) is 5.69 Å². The predicted octanol–water partition coefficient (Wildman–Crippen LogP) is 3.92. The molecule has 0 aliphatic carbocycles. The van der Waals surface area contributed by atoms with E-state index >= 15 is 0 Å². The van der Waals surface area contributed by atoms with Gasteiger partial charge in [-0.25, -0.2) is 4.79 Å². The van der Waals surface area contributed by atoms with Crippen molar-refractivity contribution in [3.63, 3.8) is 0 Å². The molecule has 0 radical (unpaired) electrons. The maximum absolute atomic E-state index is 12.7. The van der Waals surface area contributed by atoms with Gasteiger partial charge in [-0.3, -0.25) is 9.89 Å². The lowest BCUT2D eigenvalue weighted by molar-refractivity contribution is 0.0222. The Labute approximate surface area is 163 Å². The minimum atomic E-state index is -0.571.